The molecule has 5 heteroatoms. The zero-order valence-corrected chi connectivity index (χ0v) is 14.1. The first-order valence-electron chi connectivity index (χ1n) is 9.04. The van der Waals surface area contributed by atoms with Gasteiger partial charge in [-0.05, 0) is 51.1 Å². The van der Waals surface area contributed by atoms with Crippen molar-refractivity contribution >= 4 is 6.03 Å². The second-order valence-corrected chi connectivity index (χ2v) is 7.45. The van der Waals surface area contributed by atoms with Crippen LogP contribution in [0.5, 0.6) is 0 Å². The SMILES string of the molecule is CC(C)C[C@@H]1CN(C2CCOCC2)C(=O)N1C1CCNCC1. The fraction of sp³-hybridized carbons (Fsp3) is 0.941. The first-order chi connectivity index (χ1) is 10.7. The predicted molar refractivity (Wildman–Crippen MR) is 86.9 cm³/mol. The quantitative estimate of drug-likeness (QED) is 0.865. The molecule has 0 bridgehead atoms. The highest BCUT2D eigenvalue weighted by Crippen LogP contribution is 2.30. The lowest BCUT2D eigenvalue weighted by atomic mass is 9.98. The molecule has 3 aliphatic rings. The maximum atomic E-state index is 13.1. The highest BCUT2D eigenvalue weighted by atomic mass is 16.5. The number of hydrogen-bond acceptors (Lipinski definition) is 3. The smallest absolute Gasteiger partial charge is 0.320 e. The minimum Gasteiger partial charge on any atom is -0.381 e. The molecule has 0 aromatic carbocycles. The Morgan fingerprint density at radius 3 is 2.45 bits per heavy atom. The van der Waals surface area contributed by atoms with E-state index in [0.29, 0.717) is 30.1 Å². The number of nitrogens with one attached hydrogen (secondary N) is 1. The summed E-state index contributed by atoms with van der Waals surface area (Å²) in [6, 6.07) is 1.52. The van der Waals surface area contributed by atoms with Crippen LogP contribution in [0, 0.1) is 5.92 Å². The molecular weight excluding hydrogens is 278 g/mol. The molecule has 0 spiro atoms. The first-order valence-corrected chi connectivity index (χ1v) is 9.04. The van der Waals surface area contributed by atoms with Crippen molar-refractivity contribution in [1.29, 1.82) is 0 Å². The minimum absolute atomic E-state index is 0.296. The van der Waals surface area contributed by atoms with Gasteiger partial charge in [0, 0.05) is 31.8 Å². The zero-order chi connectivity index (χ0) is 15.5. The summed E-state index contributed by atoms with van der Waals surface area (Å²) in [5.74, 6) is 0.636. The Bertz CT molecular complexity index is 376. The predicted octanol–water partition coefficient (Wildman–Crippen LogP) is 2.07. The number of amides is 2. The van der Waals surface area contributed by atoms with Gasteiger partial charge in [0.2, 0.25) is 0 Å². The Morgan fingerprint density at radius 2 is 1.82 bits per heavy atom. The van der Waals surface area contributed by atoms with Gasteiger partial charge in [0.15, 0.2) is 0 Å². The Hall–Kier alpha value is -0.810. The van der Waals surface area contributed by atoms with Crippen LogP contribution in [-0.4, -0.2) is 66.8 Å². The largest absolute Gasteiger partial charge is 0.381 e. The van der Waals surface area contributed by atoms with E-state index in [4.69, 9.17) is 4.74 Å². The van der Waals surface area contributed by atoms with E-state index in [1.54, 1.807) is 0 Å². The number of urea groups is 1. The molecule has 3 aliphatic heterocycles. The maximum absolute atomic E-state index is 13.1. The van der Waals surface area contributed by atoms with Crippen LogP contribution in [0.15, 0.2) is 0 Å². The minimum atomic E-state index is 0.296. The highest BCUT2D eigenvalue weighted by molar-refractivity contribution is 5.78. The topological polar surface area (TPSA) is 44.8 Å². The van der Waals surface area contributed by atoms with E-state index < -0.39 is 0 Å². The number of carbonyl (C=O) groups excluding carboxylic acids is 1. The lowest BCUT2D eigenvalue weighted by Gasteiger charge is -2.36. The van der Waals surface area contributed by atoms with E-state index in [0.717, 1.165) is 65.0 Å². The van der Waals surface area contributed by atoms with E-state index >= 15 is 0 Å². The van der Waals surface area contributed by atoms with Crippen LogP contribution in [0.4, 0.5) is 4.79 Å². The molecule has 0 aliphatic carbocycles. The van der Waals surface area contributed by atoms with Crippen molar-refractivity contribution in [1.82, 2.24) is 15.1 Å². The first kappa shape index (κ1) is 16.1. The van der Waals surface area contributed by atoms with Gasteiger partial charge >= 0.3 is 6.03 Å². The second-order valence-electron chi connectivity index (χ2n) is 7.45. The third-order valence-electron chi connectivity index (χ3n) is 5.34. The summed E-state index contributed by atoms with van der Waals surface area (Å²) >= 11 is 0. The van der Waals surface area contributed by atoms with Crippen molar-refractivity contribution in [2.45, 2.75) is 64.1 Å². The van der Waals surface area contributed by atoms with Gasteiger partial charge in [-0.3, -0.25) is 0 Å². The number of carbonyl (C=O) groups is 1. The second kappa shape index (κ2) is 7.18. The van der Waals surface area contributed by atoms with E-state index in [2.05, 4.69) is 29.0 Å². The summed E-state index contributed by atoms with van der Waals surface area (Å²) in [4.78, 5) is 17.5. The van der Waals surface area contributed by atoms with Crippen LogP contribution in [-0.2, 0) is 4.74 Å². The molecule has 2 amide bonds. The molecule has 0 aromatic heterocycles. The van der Waals surface area contributed by atoms with Crippen LogP contribution >= 0.6 is 0 Å². The molecule has 3 heterocycles. The van der Waals surface area contributed by atoms with Crippen LogP contribution in [0.25, 0.3) is 0 Å². The summed E-state index contributed by atoms with van der Waals surface area (Å²) in [6.45, 7) is 9.14. The summed E-state index contributed by atoms with van der Waals surface area (Å²) in [5.41, 5.74) is 0. The molecule has 126 valence electrons. The molecule has 3 rings (SSSR count). The van der Waals surface area contributed by atoms with Crippen molar-refractivity contribution in [3.8, 4) is 0 Å². The lowest BCUT2D eigenvalue weighted by molar-refractivity contribution is 0.0497. The summed E-state index contributed by atoms with van der Waals surface area (Å²) in [7, 11) is 0. The molecule has 0 unspecified atom stereocenters. The van der Waals surface area contributed by atoms with Gasteiger partial charge in [-0.15, -0.1) is 0 Å². The van der Waals surface area contributed by atoms with Gasteiger partial charge in [-0.25, -0.2) is 4.79 Å². The molecule has 0 aromatic rings. The fourth-order valence-corrected chi connectivity index (χ4v) is 4.27. The Kier molecular flexibility index (Phi) is 5.24. The van der Waals surface area contributed by atoms with Crippen molar-refractivity contribution in [2.75, 3.05) is 32.8 Å². The maximum Gasteiger partial charge on any atom is 0.320 e. The fourth-order valence-electron chi connectivity index (χ4n) is 4.27. The number of rotatable bonds is 4. The average Bonchev–Trinajstić information content (AvgIpc) is 2.85. The average molecular weight is 309 g/mol. The third kappa shape index (κ3) is 3.40. The Labute approximate surface area is 134 Å². The summed E-state index contributed by atoms with van der Waals surface area (Å²) < 4.78 is 5.47. The lowest BCUT2D eigenvalue weighted by Crippen LogP contribution is -2.49. The molecule has 3 saturated heterocycles. The van der Waals surface area contributed by atoms with Crippen molar-refractivity contribution in [3.63, 3.8) is 0 Å². The summed E-state index contributed by atoms with van der Waals surface area (Å²) in [5, 5.41) is 3.42. The molecule has 1 atom stereocenters. The van der Waals surface area contributed by atoms with E-state index in [-0.39, 0.29) is 0 Å². The van der Waals surface area contributed by atoms with Gasteiger partial charge in [-0.1, -0.05) is 13.8 Å². The van der Waals surface area contributed by atoms with Crippen LogP contribution in [0.3, 0.4) is 0 Å². The van der Waals surface area contributed by atoms with Gasteiger partial charge < -0.3 is 19.9 Å². The number of ether oxygens (including phenoxy) is 1. The van der Waals surface area contributed by atoms with Gasteiger partial charge in [0.1, 0.15) is 0 Å². The number of hydrogen-bond donors (Lipinski definition) is 1. The van der Waals surface area contributed by atoms with Gasteiger partial charge in [0.25, 0.3) is 0 Å². The normalized spacial score (nSPS) is 28.9. The molecule has 1 N–H and O–H groups in total. The van der Waals surface area contributed by atoms with Crippen molar-refractivity contribution in [3.05, 3.63) is 0 Å². The van der Waals surface area contributed by atoms with Crippen LogP contribution in [0.2, 0.25) is 0 Å². The van der Waals surface area contributed by atoms with Crippen LogP contribution < -0.4 is 5.32 Å². The standard InChI is InChI=1S/C17H31N3O2/c1-13(2)11-16-12-19(14-5-9-22-10-6-14)17(21)20(16)15-3-7-18-8-4-15/h13-16,18H,3-12H2,1-2H3/t16-/m1/s1. The third-order valence-corrected chi connectivity index (χ3v) is 5.34. The number of nitrogens with zero attached hydrogens (tertiary/aromatic N) is 2. The summed E-state index contributed by atoms with van der Waals surface area (Å²) in [6.07, 6.45) is 5.32. The van der Waals surface area contributed by atoms with Gasteiger partial charge in [0.05, 0.1) is 6.04 Å². The molecule has 0 saturated carbocycles. The van der Waals surface area contributed by atoms with Crippen molar-refractivity contribution < 1.29 is 9.53 Å². The van der Waals surface area contributed by atoms with E-state index in [9.17, 15) is 4.79 Å². The van der Waals surface area contributed by atoms with Crippen molar-refractivity contribution in [2.24, 2.45) is 5.92 Å². The molecular formula is C17H31N3O2. The molecule has 0 radical (unpaired) electrons. The molecule has 5 nitrogen and oxygen atoms in total. The van der Waals surface area contributed by atoms with E-state index in [1.165, 1.54) is 0 Å². The number of piperidine rings is 1. The Balaban J connectivity index is 1.73. The monoisotopic (exact) mass is 309 g/mol. The van der Waals surface area contributed by atoms with Gasteiger partial charge in [-0.2, -0.15) is 0 Å². The van der Waals surface area contributed by atoms with Crippen LogP contribution in [0.1, 0.15) is 46.0 Å². The molecule has 22 heavy (non-hydrogen) atoms. The molecule has 3 fully saturated rings. The highest BCUT2D eigenvalue weighted by Gasteiger charge is 2.44. The zero-order valence-electron chi connectivity index (χ0n) is 14.1. The Morgan fingerprint density at radius 1 is 1.14 bits per heavy atom. The van der Waals surface area contributed by atoms with E-state index in [1.807, 2.05) is 0 Å².